The molecule has 0 fully saturated rings. The molecular weight excluding hydrogens is 379 g/mol. The van der Waals surface area contributed by atoms with Gasteiger partial charge in [-0.3, -0.25) is 4.79 Å². The predicted molar refractivity (Wildman–Crippen MR) is 113 cm³/mol. The molecular formula is C24H23FN4O. The second-order valence-corrected chi connectivity index (χ2v) is 8.99. The molecule has 1 unspecified atom stereocenters. The van der Waals surface area contributed by atoms with E-state index in [1.807, 2.05) is 31.2 Å². The Morgan fingerprint density at radius 3 is 2.63 bits per heavy atom. The Morgan fingerprint density at radius 2 is 1.90 bits per heavy atom. The topological polar surface area (TPSA) is 59.8 Å². The molecule has 0 saturated carbocycles. The first kappa shape index (κ1) is 18.7. The summed E-state index contributed by atoms with van der Waals surface area (Å²) in [5, 5.41) is 8.14. The van der Waals surface area contributed by atoms with Crippen LogP contribution in [0.1, 0.15) is 43.9 Å². The van der Waals surface area contributed by atoms with Gasteiger partial charge in [-0.1, -0.05) is 49.7 Å². The molecule has 3 aromatic rings. The Bertz CT molecular complexity index is 1190. The Hall–Kier alpha value is -3.28. The number of Topliss-reactive ketones (excluding diaryl/α,β-unsaturated/α-hetero) is 1. The van der Waals surface area contributed by atoms with Gasteiger partial charge in [0.2, 0.25) is 5.95 Å². The quantitative estimate of drug-likeness (QED) is 0.652. The zero-order chi connectivity index (χ0) is 21.0. The van der Waals surface area contributed by atoms with Crippen LogP contribution in [-0.2, 0) is 4.79 Å². The van der Waals surface area contributed by atoms with Crippen molar-refractivity contribution in [2.24, 2.45) is 5.41 Å². The fourth-order valence-corrected chi connectivity index (χ4v) is 4.47. The highest BCUT2D eigenvalue weighted by molar-refractivity contribution is 6.00. The van der Waals surface area contributed by atoms with Gasteiger partial charge in [-0.05, 0) is 42.5 Å². The zero-order valence-corrected chi connectivity index (χ0v) is 17.2. The number of rotatable bonds is 2. The third-order valence-corrected chi connectivity index (χ3v) is 5.79. The molecule has 0 spiro atoms. The van der Waals surface area contributed by atoms with Gasteiger partial charge in [-0.15, -0.1) is 5.10 Å². The average molecular weight is 402 g/mol. The number of hydrogen-bond donors (Lipinski definition) is 1. The summed E-state index contributed by atoms with van der Waals surface area (Å²) in [5.74, 6) is 0.989. The summed E-state index contributed by atoms with van der Waals surface area (Å²) in [4.78, 5) is 17.9. The van der Waals surface area contributed by atoms with E-state index < -0.39 is 6.04 Å². The van der Waals surface area contributed by atoms with Crippen LogP contribution in [0.15, 0.2) is 59.8 Å². The van der Waals surface area contributed by atoms with Gasteiger partial charge in [0.15, 0.2) is 11.6 Å². The van der Waals surface area contributed by atoms with Crippen molar-refractivity contribution in [3.05, 3.63) is 76.7 Å². The van der Waals surface area contributed by atoms with Gasteiger partial charge < -0.3 is 5.32 Å². The van der Waals surface area contributed by atoms with E-state index in [-0.39, 0.29) is 17.0 Å². The molecule has 2 aliphatic rings. The van der Waals surface area contributed by atoms with Crippen molar-refractivity contribution in [1.82, 2.24) is 14.8 Å². The van der Waals surface area contributed by atoms with Gasteiger partial charge >= 0.3 is 0 Å². The summed E-state index contributed by atoms with van der Waals surface area (Å²) in [6.45, 7) is 6.22. The van der Waals surface area contributed by atoms with Crippen LogP contribution in [0.5, 0.6) is 0 Å². The van der Waals surface area contributed by atoms with E-state index in [0.29, 0.717) is 23.8 Å². The Morgan fingerprint density at radius 1 is 1.13 bits per heavy atom. The normalized spacial score (nSPS) is 19.9. The fraction of sp³-hybridized carbons (Fsp3) is 0.292. The molecule has 5 nitrogen and oxygen atoms in total. The summed E-state index contributed by atoms with van der Waals surface area (Å²) in [7, 11) is 0. The van der Waals surface area contributed by atoms with Crippen molar-refractivity contribution in [1.29, 1.82) is 0 Å². The van der Waals surface area contributed by atoms with E-state index >= 15 is 0 Å². The maximum atomic E-state index is 13.6. The molecule has 5 rings (SSSR count). The molecule has 0 bridgehead atoms. The molecule has 152 valence electrons. The lowest BCUT2D eigenvalue weighted by atomic mass is 9.73. The van der Waals surface area contributed by atoms with Crippen LogP contribution in [0.4, 0.5) is 10.3 Å². The van der Waals surface area contributed by atoms with E-state index in [9.17, 15) is 9.18 Å². The molecule has 1 aromatic heterocycles. The van der Waals surface area contributed by atoms with Gasteiger partial charge in [0.05, 0.1) is 0 Å². The van der Waals surface area contributed by atoms with Crippen molar-refractivity contribution in [2.45, 2.75) is 39.7 Å². The fourth-order valence-electron chi connectivity index (χ4n) is 4.47. The molecule has 30 heavy (non-hydrogen) atoms. The molecule has 6 heteroatoms. The number of fused-ring (bicyclic) bond motifs is 1. The maximum Gasteiger partial charge on any atom is 0.226 e. The molecule has 0 amide bonds. The number of halogens is 1. The number of aromatic nitrogens is 3. The van der Waals surface area contributed by atoms with E-state index in [0.717, 1.165) is 28.8 Å². The van der Waals surface area contributed by atoms with Crippen LogP contribution < -0.4 is 5.32 Å². The Balaban J connectivity index is 1.68. The number of nitrogens with one attached hydrogen (secondary N) is 1. The number of carbonyl (C=O) groups excluding carboxylic acids is 1. The summed E-state index contributed by atoms with van der Waals surface area (Å²) in [5.41, 5.74) is 4.33. The van der Waals surface area contributed by atoms with Crippen molar-refractivity contribution in [3.63, 3.8) is 0 Å². The van der Waals surface area contributed by atoms with Gasteiger partial charge in [0, 0.05) is 23.3 Å². The highest BCUT2D eigenvalue weighted by Crippen LogP contribution is 2.45. The van der Waals surface area contributed by atoms with Crippen LogP contribution in [0.3, 0.4) is 0 Å². The lowest BCUT2D eigenvalue weighted by molar-refractivity contribution is -0.118. The van der Waals surface area contributed by atoms with Crippen LogP contribution >= 0.6 is 0 Å². The number of allylic oxidation sites excluding steroid dienone is 2. The van der Waals surface area contributed by atoms with E-state index in [1.165, 1.54) is 12.1 Å². The lowest BCUT2D eigenvalue weighted by Gasteiger charge is -2.38. The van der Waals surface area contributed by atoms with Crippen molar-refractivity contribution >= 4 is 11.7 Å². The zero-order valence-electron chi connectivity index (χ0n) is 17.2. The van der Waals surface area contributed by atoms with E-state index in [2.05, 4.69) is 19.2 Å². The van der Waals surface area contributed by atoms with E-state index in [4.69, 9.17) is 10.1 Å². The Labute approximate surface area is 174 Å². The molecule has 2 heterocycles. The summed E-state index contributed by atoms with van der Waals surface area (Å²) in [6, 6.07) is 13.9. The number of anilines is 1. The van der Waals surface area contributed by atoms with Crippen LogP contribution in [-0.4, -0.2) is 20.5 Å². The summed E-state index contributed by atoms with van der Waals surface area (Å²) in [6.07, 6.45) is 1.22. The third-order valence-electron chi connectivity index (χ3n) is 5.79. The Kier molecular flexibility index (Phi) is 4.13. The number of ketones is 1. The number of aryl methyl sites for hydroxylation is 1. The predicted octanol–water partition coefficient (Wildman–Crippen LogP) is 5.05. The SMILES string of the molecule is Cc1cccc(-c2nc3n(n2)C(c2ccc(F)cc2)C2=C(CC(C)(C)CC2=O)N3)c1. The van der Waals surface area contributed by atoms with Crippen LogP contribution in [0.2, 0.25) is 0 Å². The van der Waals surface area contributed by atoms with Gasteiger partial charge in [0.1, 0.15) is 11.9 Å². The van der Waals surface area contributed by atoms with Gasteiger partial charge in [-0.2, -0.15) is 4.98 Å². The van der Waals surface area contributed by atoms with Crippen molar-refractivity contribution < 1.29 is 9.18 Å². The standard InChI is InChI=1S/C24H23FN4O/c1-14-5-4-6-16(11-14)22-27-23-26-18-12-24(2,3)13-19(30)20(18)21(29(23)28-22)15-7-9-17(25)10-8-15/h4-11,21H,12-13H2,1-3H3,(H,26,27,28). The smallest absolute Gasteiger partial charge is 0.226 e. The number of carbonyl (C=O) groups is 1. The minimum absolute atomic E-state index is 0.0985. The first-order valence-corrected chi connectivity index (χ1v) is 10.1. The van der Waals surface area contributed by atoms with Gasteiger partial charge in [0.25, 0.3) is 0 Å². The monoisotopic (exact) mass is 402 g/mol. The highest BCUT2D eigenvalue weighted by Gasteiger charge is 2.41. The summed E-state index contributed by atoms with van der Waals surface area (Å²) < 4.78 is 15.4. The first-order valence-electron chi connectivity index (χ1n) is 10.1. The van der Waals surface area contributed by atoms with Gasteiger partial charge in [-0.25, -0.2) is 9.07 Å². The molecule has 1 atom stereocenters. The van der Waals surface area contributed by atoms with Crippen LogP contribution in [0, 0.1) is 18.2 Å². The minimum Gasteiger partial charge on any atom is -0.328 e. The second-order valence-electron chi connectivity index (χ2n) is 8.99. The molecule has 0 saturated heterocycles. The van der Waals surface area contributed by atoms with E-state index in [1.54, 1.807) is 16.8 Å². The molecule has 2 aromatic carbocycles. The number of nitrogens with zero attached hydrogens (tertiary/aromatic N) is 3. The molecule has 1 N–H and O–H groups in total. The molecule has 1 aliphatic carbocycles. The summed E-state index contributed by atoms with van der Waals surface area (Å²) >= 11 is 0. The minimum atomic E-state index is -0.425. The largest absolute Gasteiger partial charge is 0.328 e. The molecule has 0 radical (unpaired) electrons. The third kappa shape index (κ3) is 3.12. The van der Waals surface area contributed by atoms with Crippen molar-refractivity contribution in [3.8, 4) is 11.4 Å². The maximum absolute atomic E-state index is 13.6. The number of hydrogen-bond acceptors (Lipinski definition) is 4. The lowest BCUT2D eigenvalue weighted by Crippen LogP contribution is -2.36. The second kappa shape index (κ2) is 6.62. The average Bonchev–Trinajstić information content (AvgIpc) is 3.10. The number of benzene rings is 2. The highest BCUT2D eigenvalue weighted by atomic mass is 19.1. The van der Waals surface area contributed by atoms with Crippen LogP contribution in [0.25, 0.3) is 11.4 Å². The molecule has 1 aliphatic heterocycles. The van der Waals surface area contributed by atoms with Crippen molar-refractivity contribution in [2.75, 3.05) is 5.32 Å². The first-order chi connectivity index (χ1) is 14.3.